The van der Waals surface area contributed by atoms with Gasteiger partial charge in [0.1, 0.15) is 5.82 Å². The van der Waals surface area contributed by atoms with E-state index in [1.807, 2.05) is 6.08 Å². The molecule has 80 valence electrons. The molecule has 1 aliphatic heterocycles. The highest BCUT2D eigenvalue weighted by atomic mass is 16.5. The van der Waals surface area contributed by atoms with E-state index in [1.165, 1.54) is 0 Å². The van der Waals surface area contributed by atoms with Crippen LogP contribution >= 0.6 is 0 Å². The highest BCUT2D eigenvalue weighted by molar-refractivity contribution is 5.56. The molecule has 0 aromatic rings. The summed E-state index contributed by atoms with van der Waals surface area (Å²) in [5.74, 6) is 1.02. The maximum Gasteiger partial charge on any atom is 0.104 e. The van der Waals surface area contributed by atoms with Gasteiger partial charge in [-0.2, -0.15) is 0 Å². The first kappa shape index (κ1) is 11.0. The lowest BCUT2D eigenvalue weighted by molar-refractivity contribution is 0.0516. The van der Waals surface area contributed by atoms with Crippen LogP contribution in [0.1, 0.15) is 0 Å². The monoisotopic (exact) mass is 198 g/mol. The Hall–Kier alpha value is -1.07. The fourth-order valence-electron chi connectivity index (χ4n) is 1.33. The van der Waals surface area contributed by atoms with Crippen LogP contribution in [-0.2, 0) is 4.74 Å². The molecular formula is C9H18N4O. The van der Waals surface area contributed by atoms with E-state index >= 15 is 0 Å². The van der Waals surface area contributed by atoms with Gasteiger partial charge in [-0.25, -0.2) is 0 Å². The van der Waals surface area contributed by atoms with Gasteiger partial charge in [-0.3, -0.25) is 4.99 Å². The first-order chi connectivity index (χ1) is 6.88. The fraction of sp³-hybridized carbons (Fsp3) is 0.667. The topological polar surface area (TPSA) is 62.9 Å². The SMILES string of the molecule is CN=CN/C(=C\CN)N1CCOCC1. The van der Waals surface area contributed by atoms with Gasteiger partial charge < -0.3 is 20.7 Å². The first-order valence-electron chi connectivity index (χ1n) is 4.78. The van der Waals surface area contributed by atoms with Crippen molar-refractivity contribution in [3.8, 4) is 0 Å². The third-order valence-electron chi connectivity index (χ3n) is 2.00. The van der Waals surface area contributed by atoms with Crippen LogP contribution in [0.3, 0.4) is 0 Å². The average molecular weight is 198 g/mol. The van der Waals surface area contributed by atoms with Gasteiger partial charge in [0.05, 0.1) is 19.6 Å². The van der Waals surface area contributed by atoms with Gasteiger partial charge in [0.2, 0.25) is 0 Å². The van der Waals surface area contributed by atoms with Crippen molar-refractivity contribution >= 4 is 6.34 Å². The molecule has 1 aliphatic rings. The lowest BCUT2D eigenvalue weighted by atomic mass is 10.4. The van der Waals surface area contributed by atoms with Crippen molar-refractivity contribution in [1.82, 2.24) is 10.2 Å². The van der Waals surface area contributed by atoms with Crippen molar-refractivity contribution in [3.63, 3.8) is 0 Å². The highest BCUT2D eigenvalue weighted by Gasteiger charge is 2.11. The minimum Gasteiger partial charge on any atom is -0.378 e. The van der Waals surface area contributed by atoms with Crippen LogP contribution in [0.5, 0.6) is 0 Å². The van der Waals surface area contributed by atoms with E-state index in [9.17, 15) is 0 Å². The van der Waals surface area contributed by atoms with Gasteiger partial charge >= 0.3 is 0 Å². The van der Waals surface area contributed by atoms with Crippen LogP contribution < -0.4 is 11.1 Å². The molecule has 0 spiro atoms. The Labute approximate surface area is 84.6 Å². The first-order valence-corrected chi connectivity index (χ1v) is 4.78. The van der Waals surface area contributed by atoms with E-state index in [0.29, 0.717) is 6.54 Å². The summed E-state index contributed by atoms with van der Waals surface area (Å²) in [5, 5.41) is 3.10. The Bertz CT molecular complexity index is 209. The Kier molecular flexibility index (Phi) is 5.03. The van der Waals surface area contributed by atoms with Crippen LogP contribution in [0.4, 0.5) is 0 Å². The standard InChI is InChI=1S/C9H18N4O/c1-11-8-12-9(2-3-10)13-4-6-14-7-5-13/h2,8H,3-7,10H2,1H3,(H,11,12)/b9-2+. The molecule has 5 nitrogen and oxygen atoms in total. The lowest BCUT2D eigenvalue weighted by Gasteiger charge is -2.30. The Balaban J connectivity index is 2.51. The summed E-state index contributed by atoms with van der Waals surface area (Å²) < 4.78 is 5.27. The molecule has 0 saturated carbocycles. The minimum atomic E-state index is 0.525. The second-order valence-electron chi connectivity index (χ2n) is 2.96. The van der Waals surface area contributed by atoms with Crippen molar-refractivity contribution in [2.24, 2.45) is 10.7 Å². The molecular weight excluding hydrogens is 180 g/mol. The van der Waals surface area contributed by atoms with E-state index in [2.05, 4.69) is 15.2 Å². The Morgan fingerprint density at radius 1 is 1.57 bits per heavy atom. The molecule has 0 radical (unpaired) electrons. The largest absolute Gasteiger partial charge is 0.378 e. The predicted octanol–water partition coefficient (Wildman–Crippen LogP) is -0.634. The zero-order valence-corrected chi connectivity index (χ0v) is 8.57. The van der Waals surface area contributed by atoms with Gasteiger partial charge in [0, 0.05) is 26.7 Å². The summed E-state index contributed by atoms with van der Waals surface area (Å²) in [5.41, 5.74) is 5.49. The van der Waals surface area contributed by atoms with E-state index in [4.69, 9.17) is 10.5 Å². The van der Waals surface area contributed by atoms with Gasteiger partial charge in [-0.15, -0.1) is 0 Å². The molecule has 0 aromatic heterocycles. The van der Waals surface area contributed by atoms with Gasteiger partial charge in [-0.1, -0.05) is 0 Å². The second kappa shape index (κ2) is 6.39. The summed E-state index contributed by atoms with van der Waals surface area (Å²) in [4.78, 5) is 6.08. The number of nitrogens with zero attached hydrogens (tertiary/aromatic N) is 2. The van der Waals surface area contributed by atoms with Crippen LogP contribution in [0.2, 0.25) is 0 Å². The third-order valence-corrected chi connectivity index (χ3v) is 2.00. The molecule has 5 heteroatoms. The van der Waals surface area contributed by atoms with Crippen LogP contribution in [0.15, 0.2) is 16.9 Å². The summed E-state index contributed by atoms with van der Waals surface area (Å²) in [6.45, 7) is 3.86. The number of aliphatic imine (C=N–C) groups is 1. The van der Waals surface area contributed by atoms with Gasteiger partial charge in [-0.05, 0) is 6.08 Å². The molecule has 1 heterocycles. The van der Waals surface area contributed by atoms with Gasteiger partial charge in [0.25, 0.3) is 0 Å². The van der Waals surface area contributed by atoms with E-state index in [1.54, 1.807) is 13.4 Å². The van der Waals surface area contributed by atoms with E-state index in [0.717, 1.165) is 32.1 Å². The molecule has 0 atom stereocenters. The van der Waals surface area contributed by atoms with Crippen LogP contribution in [-0.4, -0.2) is 51.1 Å². The molecule has 0 aromatic carbocycles. The van der Waals surface area contributed by atoms with Crippen molar-refractivity contribution in [2.75, 3.05) is 39.9 Å². The second-order valence-corrected chi connectivity index (χ2v) is 2.96. The van der Waals surface area contributed by atoms with Crippen LogP contribution in [0, 0.1) is 0 Å². The quantitative estimate of drug-likeness (QED) is 0.466. The zero-order chi connectivity index (χ0) is 10.2. The number of morpholine rings is 1. The maximum absolute atomic E-state index is 5.49. The predicted molar refractivity (Wildman–Crippen MR) is 57.1 cm³/mol. The summed E-state index contributed by atoms with van der Waals surface area (Å²) in [7, 11) is 1.73. The number of rotatable bonds is 4. The third kappa shape index (κ3) is 3.35. The minimum absolute atomic E-state index is 0.525. The number of hydrogen-bond donors (Lipinski definition) is 2. The Morgan fingerprint density at radius 3 is 2.86 bits per heavy atom. The number of nitrogens with one attached hydrogen (secondary N) is 1. The van der Waals surface area contributed by atoms with Crippen molar-refractivity contribution < 1.29 is 4.74 Å². The zero-order valence-electron chi connectivity index (χ0n) is 8.57. The summed E-state index contributed by atoms with van der Waals surface area (Å²) in [6, 6.07) is 0. The number of ether oxygens (including phenoxy) is 1. The van der Waals surface area contributed by atoms with Crippen molar-refractivity contribution in [1.29, 1.82) is 0 Å². The molecule has 14 heavy (non-hydrogen) atoms. The molecule has 0 unspecified atom stereocenters. The van der Waals surface area contributed by atoms with Crippen molar-refractivity contribution in [3.05, 3.63) is 11.9 Å². The fourth-order valence-corrected chi connectivity index (χ4v) is 1.33. The molecule has 0 amide bonds. The highest BCUT2D eigenvalue weighted by Crippen LogP contribution is 2.03. The molecule has 1 rings (SSSR count). The molecule has 3 N–H and O–H groups in total. The number of hydrogen-bond acceptors (Lipinski definition) is 4. The van der Waals surface area contributed by atoms with Crippen LogP contribution in [0.25, 0.3) is 0 Å². The smallest absolute Gasteiger partial charge is 0.104 e. The van der Waals surface area contributed by atoms with Crippen molar-refractivity contribution in [2.45, 2.75) is 0 Å². The average Bonchev–Trinajstić information content (AvgIpc) is 2.25. The molecule has 1 saturated heterocycles. The molecule has 1 fully saturated rings. The Morgan fingerprint density at radius 2 is 2.29 bits per heavy atom. The van der Waals surface area contributed by atoms with E-state index < -0.39 is 0 Å². The lowest BCUT2D eigenvalue weighted by Crippen LogP contribution is -2.40. The molecule has 0 aliphatic carbocycles. The number of nitrogens with two attached hydrogens (primary N) is 1. The molecule has 0 bridgehead atoms. The summed E-state index contributed by atoms with van der Waals surface area (Å²) in [6.07, 6.45) is 3.62. The van der Waals surface area contributed by atoms with E-state index in [-0.39, 0.29) is 0 Å². The normalized spacial score (nSPS) is 19.0. The maximum atomic E-state index is 5.49. The van der Waals surface area contributed by atoms with Gasteiger partial charge in [0.15, 0.2) is 0 Å². The summed E-state index contributed by atoms with van der Waals surface area (Å²) >= 11 is 0.